The topological polar surface area (TPSA) is 57.6 Å². The van der Waals surface area contributed by atoms with Crippen LogP contribution in [0.4, 0.5) is 0 Å². The fourth-order valence-corrected chi connectivity index (χ4v) is 3.54. The third kappa shape index (κ3) is 2.42. The van der Waals surface area contributed by atoms with E-state index in [1.807, 2.05) is 4.90 Å². The lowest BCUT2D eigenvalue weighted by molar-refractivity contribution is 0.0697. The lowest BCUT2D eigenvalue weighted by Crippen LogP contribution is -2.29. The van der Waals surface area contributed by atoms with E-state index in [0.717, 1.165) is 13.1 Å². The van der Waals surface area contributed by atoms with Crippen LogP contribution in [0, 0.1) is 11.8 Å². The molecule has 1 amide bonds. The molecule has 1 aliphatic heterocycles. The quantitative estimate of drug-likeness (QED) is 0.901. The van der Waals surface area contributed by atoms with Crippen LogP contribution in [0.3, 0.4) is 0 Å². The minimum Gasteiger partial charge on any atom is -0.478 e. The highest BCUT2D eigenvalue weighted by atomic mass is 16.4. The highest BCUT2D eigenvalue weighted by molar-refractivity contribution is 5.97. The predicted molar refractivity (Wildman–Crippen MR) is 74.8 cm³/mol. The number of likely N-dealkylation sites (tertiary alicyclic amines) is 1. The molecule has 2 fully saturated rings. The molecule has 0 radical (unpaired) electrons. The van der Waals surface area contributed by atoms with E-state index in [2.05, 4.69) is 0 Å². The highest BCUT2D eigenvalue weighted by Crippen LogP contribution is 2.36. The molecule has 1 aromatic rings. The first-order chi connectivity index (χ1) is 9.65. The maximum Gasteiger partial charge on any atom is 0.335 e. The lowest BCUT2D eigenvalue weighted by atomic mass is 9.82. The average molecular weight is 273 g/mol. The van der Waals surface area contributed by atoms with Crippen molar-refractivity contribution in [1.82, 2.24) is 4.90 Å². The molecular formula is C16H19NO3. The van der Waals surface area contributed by atoms with Crippen molar-refractivity contribution in [3.63, 3.8) is 0 Å². The van der Waals surface area contributed by atoms with Gasteiger partial charge in [-0.1, -0.05) is 18.9 Å². The molecule has 4 nitrogen and oxygen atoms in total. The van der Waals surface area contributed by atoms with Crippen LogP contribution in [0.5, 0.6) is 0 Å². The number of aromatic carboxylic acids is 1. The molecule has 1 saturated heterocycles. The smallest absolute Gasteiger partial charge is 0.335 e. The summed E-state index contributed by atoms with van der Waals surface area (Å²) in [5.74, 6) is 0.281. The Kier molecular flexibility index (Phi) is 3.47. The van der Waals surface area contributed by atoms with Crippen LogP contribution in [0.2, 0.25) is 0 Å². The maximum atomic E-state index is 12.5. The Labute approximate surface area is 118 Å². The summed E-state index contributed by atoms with van der Waals surface area (Å²) in [5, 5.41) is 9.00. The molecule has 106 valence electrons. The van der Waals surface area contributed by atoms with Crippen LogP contribution in [-0.2, 0) is 0 Å². The van der Waals surface area contributed by atoms with E-state index in [1.54, 1.807) is 12.1 Å². The standard InChI is InChI=1S/C16H19NO3/c18-15(11-6-3-7-12(8-11)16(19)20)17-9-13-4-1-2-5-14(13)10-17/h3,6-8,13-14H,1-2,4-5,9-10H2,(H,19,20). The molecule has 20 heavy (non-hydrogen) atoms. The molecule has 2 unspecified atom stereocenters. The van der Waals surface area contributed by atoms with Crippen molar-refractivity contribution < 1.29 is 14.7 Å². The Morgan fingerprint density at radius 1 is 1.05 bits per heavy atom. The van der Waals surface area contributed by atoms with E-state index < -0.39 is 5.97 Å². The van der Waals surface area contributed by atoms with E-state index in [4.69, 9.17) is 5.11 Å². The summed E-state index contributed by atoms with van der Waals surface area (Å²) in [6.45, 7) is 1.67. The van der Waals surface area contributed by atoms with Crippen molar-refractivity contribution in [2.75, 3.05) is 13.1 Å². The average Bonchev–Trinajstić information content (AvgIpc) is 2.90. The van der Waals surface area contributed by atoms with Crippen molar-refractivity contribution in [3.8, 4) is 0 Å². The van der Waals surface area contributed by atoms with Gasteiger partial charge in [-0.25, -0.2) is 4.79 Å². The predicted octanol–water partition coefficient (Wildman–Crippen LogP) is 2.65. The molecule has 0 aromatic heterocycles. The Morgan fingerprint density at radius 3 is 2.25 bits per heavy atom. The number of carbonyl (C=O) groups is 2. The molecule has 1 N–H and O–H groups in total. The Hall–Kier alpha value is -1.84. The zero-order chi connectivity index (χ0) is 14.1. The van der Waals surface area contributed by atoms with E-state index in [9.17, 15) is 9.59 Å². The number of carboxylic acid groups (broad SMARTS) is 1. The first-order valence-corrected chi connectivity index (χ1v) is 7.28. The molecule has 2 atom stereocenters. The molecule has 0 spiro atoms. The maximum absolute atomic E-state index is 12.5. The first kappa shape index (κ1) is 13.2. The van der Waals surface area contributed by atoms with Crippen LogP contribution < -0.4 is 0 Å². The fourth-order valence-electron chi connectivity index (χ4n) is 3.54. The van der Waals surface area contributed by atoms with Gasteiger partial charge in [0.15, 0.2) is 0 Å². The van der Waals surface area contributed by atoms with Crippen molar-refractivity contribution >= 4 is 11.9 Å². The Bertz CT molecular complexity index is 526. The van der Waals surface area contributed by atoms with Gasteiger partial charge in [0, 0.05) is 18.7 Å². The summed E-state index contributed by atoms with van der Waals surface area (Å²) in [6.07, 6.45) is 5.00. The van der Waals surface area contributed by atoms with Crippen molar-refractivity contribution in [2.45, 2.75) is 25.7 Å². The van der Waals surface area contributed by atoms with Gasteiger partial charge in [-0.3, -0.25) is 4.79 Å². The molecule has 1 saturated carbocycles. The molecular weight excluding hydrogens is 254 g/mol. The van der Waals surface area contributed by atoms with Gasteiger partial charge < -0.3 is 10.0 Å². The number of carbonyl (C=O) groups excluding carboxylic acids is 1. The van der Waals surface area contributed by atoms with Crippen LogP contribution >= 0.6 is 0 Å². The first-order valence-electron chi connectivity index (χ1n) is 7.28. The highest BCUT2D eigenvalue weighted by Gasteiger charge is 2.36. The van der Waals surface area contributed by atoms with Gasteiger partial charge in [-0.05, 0) is 42.9 Å². The van der Waals surface area contributed by atoms with Crippen molar-refractivity contribution in [2.24, 2.45) is 11.8 Å². The molecule has 1 aromatic carbocycles. The second-order valence-corrected chi connectivity index (χ2v) is 5.90. The second kappa shape index (κ2) is 5.27. The summed E-state index contributed by atoms with van der Waals surface area (Å²) >= 11 is 0. The third-order valence-electron chi connectivity index (χ3n) is 4.62. The van der Waals surface area contributed by atoms with E-state index in [0.29, 0.717) is 17.4 Å². The van der Waals surface area contributed by atoms with Crippen LogP contribution in [0.1, 0.15) is 46.4 Å². The molecule has 1 heterocycles. The minimum atomic E-state index is -0.991. The zero-order valence-electron chi connectivity index (χ0n) is 11.4. The summed E-state index contributed by atoms with van der Waals surface area (Å²) in [5.41, 5.74) is 0.663. The summed E-state index contributed by atoms with van der Waals surface area (Å²) in [6, 6.07) is 6.34. The summed E-state index contributed by atoms with van der Waals surface area (Å²) in [7, 11) is 0. The molecule has 4 heteroatoms. The van der Waals surface area contributed by atoms with E-state index >= 15 is 0 Å². The number of benzene rings is 1. The van der Waals surface area contributed by atoms with Crippen molar-refractivity contribution in [1.29, 1.82) is 0 Å². The van der Waals surface area contributed by atoms with Gasteiger partial charge >= 0.3 is 5.97 Å². The van der Waals surface area contributed by atoms with Gasteiger partial charge in [0.1, 0.15) is 0 Å². The fraction of sp³-hybridized carbons (Fsp3) is 0.500. The number of fused-ring (bicyclic) bond motifs is 1. The Balaban J connectivity index is 1.76. The van der Waals surface area contributed by atoms with Gasteiger partial charge in [0.25, 0.3) is 5.91 Å². The largest absolute Gasteiger partial charge is 0.478 e. The number of amides is 1. The number of nitrogens with zero attached hydrogens (tertiary/aromatic N) is 1. The summed E-state index contributed by atoms with van der Waals surface area (Å²) < 4.78 is 0. The van der Waals surface area contributed by atoms with Crippen LogP contribution in [0.15, 0.2) is 24.3 Å². The number of hydrogen-bond donors (Lipinski definition) is 1. The number of hydrogen-bond acceptors (Lipinski definition) is 2. The molecule has 0 bridgehead atoms. The van der Waals surface area contributed by atoms with Gasteiger partial charge in [-0.15, -0.1) is 0 Å². The second-order valence-electron chi connectivity index (χ2n) is 5.90. The molecule has 2 aliphatic rings. The lowest BCUT2D eigenvalue weighted by Gasteiger charge is -2.22. The third-order valence-corrected chi connectivity index (χ3v) is 4.62. The summed E-state index contributed by atoms with van der Waals surface area (Å²) in [4.78, 5) is 25.4. The number of rotatable bonds is 2. The van der Waals surface area contributed by atoms with Gasteiger partial charge in [0.05, 0.1) is 5.56 Å². The number of carboxylic acids is 1. The normalized spacial score (nSPS) is 25.3. The minimum absolute atomic E-state index is 0.0255. The van der Waals surface area contributed by atoms with Gasteiger partial charge in [-0.2, -0.15) is 0 Å². The van der Waals surface area contributed by atoms with Crippen molar-refractivity contribution in [3.05, 3.63) is 35.4 Å². The van der Waals surface area contributed by atoms with E-state index in [1.165, 1.54) is 37.8 Å². The van der Waals surface area contributed by atoms with Crippen LogP contribution in [-0.4, -0.2) is 35.0 Å². The van der Waals surface area contributed by atoms with Gasteiger partial charge in [0.2, 0.25) is 0 Å². The zero-order valence-corrected chi connectivity index (χ0v) is 11.4. The van der Waals surface area contributed by atoms with E-state index in [-0.39, 0.29) is 11.5 Å². The van der Waals surface area contributed by atoms with Crippen LogP contribution in [0.25, 0.3) is 0 Å². The Morgan fingerprint density at radius 2 is 1.65 bits per heavy atom. The molecule has 3 rings (SSSR count). The monoisotopic (exact) mass is 273 g/mol. The SMILES string of the molecule is O=C(O)c1cccc(C(=O)N2CC3CCCCC3C2)c1. The molecule has 1 aliphatic carbocycles.